The van der Waals surface area contributed by atoms with Gasteiger partial charge in [-0.15, -0.1) is 0 Å². The molecule has 0 radical (unpaired) electrons. The van der Waals surface area contributed by atoms with Crippen molar-refractivity contribution in [1.29, 1.82) is 0 Å². The Morgan fingerprint density at radius 2 is 1.76 bits per heavy atom. The number of nitrogens with one attached hydrogen (secondary N) is 1. The van der Waals surface area contributed by atoms with Gasteiger partial charge >= 0.3 is 5.97 Å². The second kappa shape index (κ2) is 15.7. The summed E-state index contributed by atoms with van der Waals surface area (Å²) in [6, 6.07) is -0.190. The van der Waals surface area contributed by atoms with Crippen LogP contribution in [0.1, 0.15) is 68.2 Å². The molecule has 0 spiro atoms. The van der Waals surface area contributed by atoms with E-state index in [4.69, 9.17) is 18.9 Å². The fourth-order valence-corrected chi connectivity index (χ4v) is 7.61. The minimum Gasteiger partial charge on any atom is -0.463 e. The van der Waals surface area contributed by atoms with Crippen LogP contribution in [-0.2, 0) is 33.3 Å². The molecule has 0 aliphatic carbocycles. The zero-order chi connectivity index (χ0) is 34.7. The predicted molar refractivity (Wildman–Crippen MR) is 175 cm³/mol. The van der Waals surface area contributed by atoms with Crippen LogP contribution in [0.3, 0.4) is 0 Å². The van der Waals surface area contributed by atoms with Crippen LogP contribution in [0.4, 0.5) is 0 Å². The quantitative estimate of drug-likeness (QED) is 0.294. The summed E-state index contributed by atoms with van der Waals surface area (Å²) in [6.07, 6.45) is -1.73. The lowest BCUT2D eigenvalue weighted by molar-refractivity contribution is -0.295. The summed E-state index contributed by atoms with van der Waals surface area (Å²) in [5, 5.41) is 14.3. The van der Waals surface area contributed by atoms with E-state index in [0.717, 1.165) is 0 Å². The molecule has 0 saturated carbocycles. The zero-order valence-corrected chi connectivity index (χ0v) is 30.4. The van der Waals surface area contributed by atoms with Gasteiger partial charge in [0.15, 0.2) is 12.1 Å². The highest BCUT2D eigenvalue weighted by Crippen LogP contribution is 2.38. The van der Waals surface area contributed by atoms with E-state index in [1.807, 2.05) is 53.7 Å². The summed E-state index contributed by atoms with van der Waals surface area (Å²) in [7, 11) is 7.48. The number of methoxy groups -OCH3 is 1. The molecule has 0 bridgehead atoms. The number of esters is 1. The summed E-state index contributed by atoms with van der Waals surface area (Å²) in [6.45, 7) is 17.5. The van der Waals surface area contributed by atoms with Crippen molar-refractivity contribution in [2.24, 2.45) is 23.2 Å². The number of amides is 1. The maximum absolute atomic E-state index is 14.2. The molecule has 3 saturated heterocycles. The van der Waals surface area contributed by atoms with Crippen LogP contribution in [0.2, 0.25) is 0 Å². The maximum Gasteiger partial charge on any atom is 0.319 e. The molecular weight excluding hydrogens is 592 g/mol. The van der Waals surface area contributed by atoms with Crippen molar-refractivity contribution >= 4 is 17.7 Å². The number of nitrogens with zero attached hydrogens (tertiary/aromatic N) is 3. The lowest BCUT2D eigenvalue weighted by atomic mass is 9.74. The molecule has 46 heavy (non-hydrogen) atoms. The molecule has 3 rings (SSSR count). The molecular formula is C34H62N4O8. The number of likely N-dealkylation sites (tertiary alicyclic amines) is 1. The number of carbonyl (C=O) groups excluding carboxylic acids is 3. The Kier molecular flexibility index (Phi) is 13.2. The van der Waals surface area contributed by atoms with Gasteiger partial charge in [0.1, 0.15) is 18.1 Å². The third-order valence-corrected chi connectivity index (χ3v) is 10.3. The third-order valence-electron chi connectivity index (χ3n) is 10.3. The van der Waals surface area contributed by atoms with Crippen LogP contribution < -0.4 is 5.32 Å². The number of likely N-dealkylation sites (N-methyl/N-ethyl adjacent to an activating group) is 2. The highest BCUT2D eigenvalue weighted by atomic mass is 16.7. The monoisotopic (exact) mass is 654 g/mol. The topological polar surface area (TPSA) is 130 Å². The number of ether oxygens (including phenoxy) is 4. The van der Waals surface area contributed by atoms with E-state index in [1.165, 1.54) is 0 Å². The Morgan fingerprint density at radius 3 is 2.33 bits per heavy atom. The van der Waals surface area contributed by atoms with Gasteiger partial charge in [-0.25, -0.2) is 0 Å². The fourth-order valence-electron chi connectivity index (χ4n) is 7.61. The van der Waals surface area contributed by atoms with E-state index < -0.39 is 41.4 Å². The first-order valence-electron chi connectivity index (χ1n) is 16.9. The molecule has 0 aromatic carbocycles. The van der Waals surface area contributed by atoms with E-state index in [-0.39, 0.29) is 54.4 Å². The van der Waals surface area contributed by atoms with Crippen LogP contribution in [0.5, 0.6) is 0 Å². The number of aliphatic hydroxyl groups excluding tert-OH is 1. The first-order chi connectivity index (χ1) is 21.3. The normalized spacial score (nSPS) is 37.6. The highest BCUT2D eigenvalue weighted by molar-refractivity contribution is 6.04. The molecule has 3 fully saturated rings. The number of rotatable bonds is 8. The number of hydrogen-bond donors (Lipinski definition) is 2. The first-order valence-corrected chi connectivity index (χ1v) is 16.9. The molecule has 1 amide bonds. The third kappa shape index (κ3) is 9.06. The van der Waals surface area contributed by atoms with Crippen molar-refractivity contribution < 1.29 is 38.4 Å². The molecule has 2 N–H and O–H groups in total. The Hall–Kier alpha value is -1.67. The standard InChI is InChI=1S/C34H62N4O8/c1-20(2)35-27(39)18-38-16-24(17-38)26-19-44-32(42)33(6,7)29(41)23(5)30(34(8,43-12)14-21(3)15-37(26)11)46-31-28(40)25(36(9)10)13-22(4)45-31/h20-26,28,30-31,40H,13-19H2,1-12H3,(H,35,39)/t21-,22-,23+,25+,26?,28-,30-,31+,34-/m1/s1. The highest BCUT2D eigenvalue weighted by Gasteiger charge is 2.52. The smallest absolute Gasteiger partial charge is 0.319 e. The molecule has 12 nitrogen and oxygen atoms in total. The van der Waals surface area contributed by atoms with Crippen molar-refractivity contribution in [2.75, 3.05) is 61.0 Å². The van der Waals surface area contributed by atoms with Crippen LogP contribution in [0.25, 0.3) is 0 Å². The summed E-state index contributed by atoms with van der Waals surface area (Å²) in [5.41, 5.74) is -2.40. The number of hydrogen-bond acceptors (Lipinski definition) is 11. The Labute approximate surface area is 276 Å². The number of carbonyl (C=O) groups is 3. The molecule has 3 aliphatic heterocycles. The average Bonchev–Trinajstić information content (AvgIpc) is 2.93. The van der Waals surface area contributed by atoms with Gasteiger partial charge in [0.05, 0.1) is 24.4 Å². The van der Waals surface area contributed by atoms with Gasteiger partial charge < -0.3 is 34.3 Å². The van der Waals surface area contributed by atoms with Gasteiger partial charge in [-0.05, 0) is 81.4 Å². The molecule has 12 heteroatoms. The van der Waals surface area contributed by atoms with E-state index in [2.05, 4.69) is 22.0 Å². The van der Waals surface area contributed by atoms with Gasteiger partial charge in [0.25, 0.3) is 0 Å². The average molecular weight is 655 g/mol. The number of aliphatic hydroxyl groups is 1. The van der Waals surface area contributed by atoms with Gasteiger partial charge in [-0.3, -0.25) is 24.2 Å². The zero-order valence-electron chi connectivity index (χ0n) is 30.4. The Bertz CT molecular complexity index is 1050. The molecule has 9 atom stereocenters. The van der Waals surface area contributed by atoms with Crippen LogP contribution in [0, 0.1) is 23.2 Å². The Morgan fingerprint density at radius 1 is 1.13 bits per heavy atom. The molecule has 0 aromatic heterocycles. The summed E-state index contributed by atoms with van der Waals surface area (Å²) in [5.74, 6) is -1.39. The molecule has 3 aliphatic rings. The molecule has 3 heterocycles. The second-order valence-electron chi connectivity index (χ2n) is 15.5. The van der Waals surface area contributed by atoms with Crippen LogP contribution >= 0.6 is 0 Å². The van der Waals surface area contributed by atoms with Gasteiger partial charge in [-0.2, -0.15) is 0 Å². The predicted octanol–water partition coefficient (Wildman–Crippen LogP) is 1.77. The maximum atomic E-state index is 14.2. The summed E-state index contributed by atoms with van der Waals surface area (Å²) < 4.78 is 24.9. The summed E-state index contributed by atoms with van der Waals surface area (Å²) in [4.78, 5) is 46.4. The van der Waals surface area contributed by atoms with Crippen molar-refractivity contribution in [3.63, 3.8) is 0 Å². The fraction of sp³-hybridized carbons (Fsp3) is 0.912. The lowest BCUT2D eigenvalue weighted by Gasteiger charge is -2.47. The van der Waals surface area contributed by atoms with E-state index in [0.29, 0.717) is 39.0 Å². The van der Waals surface area contributed by atoms with Crippen molar-refractivity contribution in [3.05, 3.63) is 0 Å². The van der Waals surface area contributed by atoms with E-state index >= 15 is 0 Å². The van der Waals surface area contributed by atoms with Crippen LogP contribution in [0.15, 0.2) is 0 Å². The first kappa shape index (κ1) is 38.8. The van der Waals surface area contributed by atoms with Crippen molar-refractivity contribution in [3.8, 4) is 0 Å². The van der Waals surface area contributed by atoms with Crippen molar-refractivity contribution in [1.82, 2.24) is 20.0 Å². The lowest BCUT2D eigenvalue weighted by Crippen LogP contribution is -2.60. The van der Waals surface area contributed by atoms with Gasteiger partial charge in [0, 0.05) is 56.7 Å². The SMILES string of the molecule is CO[C@]1(C)C[C@@H](C)CN(C)C(C2CN(CC(=O)NC(C)C)C2)COC(=O)C(C)(C)C(=O)[C@H](C)[C@H]1O[C@@H]1O[C@H](C)C[C@H](N(C)C)[C@H]1O. The van der Waals surface area contributed by atoms with E-state index in [9.17, 15) is 19.5 Å². The number of cyclic esters (lactones) is 1. The van der Waals surface area contributed by atoms with Crippen LogP contribution in [-0.4, -0.2) is 147 Å². The minimum atomic E-state index is -1.45. The molecule has 0 aromatic rings. The van der Waals surface area contributed by atoms with E-state index in [1.54, 1.807) is 27.9 Å². The number of ketones is 1. The minimum absolute atomic E-state index is 0.000333. The van der Waals surface area contributed by atoms with Crippen molar-refractivity contribution in [2.45, 2.75) is 117 Å². The summed E-state index contributed by atoms with van der Waals surface area (Å²) >= 11 is 0. The Balaban J connectivity index is 1.89. The van der Waals surface area contributed by atoms with Gasteiger partial charge in [-0.1, -0.05) is 13.8 Å². The molecule has 1 unspecified atom stereocenters. The largest absolute Gasteiger partial charge is 0.463 e. The number of Topliss-reactive ketones (excluding diaryl/α,β-unsaturated/α-hetero) is 1. The van der Waals surface area contributed by atoms with Gasteiger partial charge in [0.2, 0.25) is 5.91 Å². The second-order valence-corrected chi connectivity index (χ2v) is 15.5. The molecule has 266 valence electrons.